The van der Waals surface area contributed by atoms with Gasteiger partial charge in [-0.05, 0) is 38.0 Å². The fraction of sp³-hybridized carbons (Fsp3) is 0.545. The molecule has 0 aliphatic carbocycles. The second-order valence-electron chi connectivity index (χ2n) is 10.7. The molecule has 7 heteroatoms. The molecule has 1 heterocycles. The minimum absolute atomic E-state index is 0.00230. The number of hydrogen-bond donors (Lipinski definition) is 2. The molecule has 1 aromatic heterocycles. The van der Waals surface area contributed by atoms with Crippen molar-refractivity contribution in [1.29, 1.82) is 0 Å². The molecule has 0 aliphatic heterocycles. The van der Waals surface area contributed by atoms with Crippen molar-refractivity contribution in [2.24, 2.45) is 0 Å². The number of nitrogens with zero attached hydrogens (tertiary/aromatic N) is 3. The molecule has 1 atom stereocenters. The third kappa shape index (κ3) is 10.9. The molecule has 2 aromatic carbocycles. The predicted molar refractivity (Wildman–Crippen MR) is 161 cm³/mol. The van der Waals surface area contributed by atoms with Crippen molar-refractivity contribution in [1.82, 2.24) is 15.0 Å². The number of aliphatic hydroxyl groups excluding tert-OH is 1. The zero-order valence-electron chi connectivity index (χ0n) is 24.6. The molecular formula is C33H47N3O4. The molecule has 3 rings (SSSR count). The normalized spacial score (nSPS) is 12.0. The van der Waals surface area contributed by atoms with Gasteiger partial charge in [0.1, 0.15) is 30.5 Å². The lowest BCUT2D eigenvalue weighted by Gasteiger charge is -2.14. The lowest BCUT2D eigenvalue weighted by Crippen LogP contribution is -2.23. The molecule has 0 aliphatic rings. The van der Waals surface area contributed by atoms with E-state index in [0.29, 0.717) is 29.6 Å². The van der Waals surface area contributed by atoms with Crippen molar-refractivity contribution in [3.05, 3.63) is 53.9 Å². The fourth-order valence-electron chi connectivity index (χ4n) is 4.74. The predicted octanol–water partition coefficient (Wildman–Crippen LogP) is 7.60. The van der Waals surface area contributed by atoms with E-state index < -0.39 is 6.10 Å². The average molecular weight is 550 g/mol. The summed E-state index contributed by atoms with van der Waals surface area (Å²) in [6, 6.07) is 11.0. The maximum atomic E-state index is 10.6. The molecule has 3 aromatic rings. The van der Waals surface area contributed by atoms with Gasteiger partial charge in [0.2, 0.25) is 0 Å². The zero-order chi connectivity index (χ0) is 28.6. The molecule has 7 nitrogen and oxygen atoms in total. The van der Waals surface area contributed by atoms with Crippen LogP contribution in [-0.4, -0.2) is 51.1 Å². The summed E-state index contributed by atoms with van der Waals surface area (Å²) in [5.74, 6) is 1.38. The van der Waals surface area contributed by atoms with Crippen molar-refractivity contribution in [3.63, 3.8) is 0 Å². The van der Waals surface area contributed by atoms with E-state index in [4.69, 9.17) is 9.47 Å². The number of benzene rings is 2. The van der Waals surface area contributed by atoms with Crippen LogP contribution in [0.3, 0.4) is 0 Å². The van der Waals surface area contributed by atoms with Crippen LogP contribution in [0.4, 0.5) is 0 Å². The van der Waals surface area contributed by atoms with Crippen molar-refractivity contribution in [3.8, 4) is 34.3 Å². The third-order valence-corrected chi connectivity index (χ3v) is 7.05. The largest absolute Gasteiger partial charge is 0.507 e. The summed E-state index contributed by atoms with van der Waals surface area (Å²) >= 11 is 0. The van der Waals surface area contributed by atoms with E-state index in [2.05, 4.69) is 27.9 Å². The van der Waals surface area contributed by atoms with Crippen LogP contribution >= 0.6 is 0 Å². The monoisotopic (exact) mass is 549 g/mol. The summed E-state index contributed by atoms with van der Waals surface area (Å²) in [6.07, 6.45) is 15.0. The van der Waals surface area contributed by atoms with E-state index in [1.54, 1.807) is 12.1 Å². The van der Waals surface area contributed by atoms with Crippen LogP contribution in [0.2, 0.25) is 0 Å². The smallest absolute Gasteiger partial charge is 0.167 e. The van der Waals surface area contributed by atoms with E-state index in [9.17, 15) is 10.2 Å². The molecule has 0 radical (unpaired) electrons. The van der Waals surface area contributed by atoms with E-state index in [1.165, 1.54) is 82.2 Å². The molecule has 0 spiro atoms. The Morgan fingerprint density at radius 3 is 2.02 bits per heavy atom. The number of phenols is 1. The van der Waals surface area contributed by atoms with E-state index in [0.717, 1.165) is 17.5 Å². The van der Waals surface area contributed by atoms with Crippen molar-refractivity contribution < 1.29 is 19.7 Å². The molecule has 0 amide bonds. The maximum Gasteiger partial charge on any atom is 0.167 e. The fourth-order valence-corrected chi connectivity index (χ4v) is 4.74. The second kappa shape index (κ2) is 17.6. The number of aromatic hydroxyl groups is 1. The molecule has 0 bridgehead atoms. The van der Waals surface area contributed by atoms with Gasteiger partial charge in [0, 0.05) is 18.2 Å². The molecule has 0 saturated carbocycles. The number of aromatic nitrogens is 3. The molecular weight excluding hydrogens is 502 g/mol. The van der Waals surface area contributed by atoms with Gasteiger partial charge in [-0.3, -0.25) is 0 Å². The highest BCUT2D eigenvalue weighted by Crippen LogP contribution is 2.31. The standard InChI is InChI=1S/C33H47N3O4/c1-4-5-6-7-8-9-10-11-12-13-14-19-39-22-27(37)23-40-28-16-18-30(31(38)21-28)33-35-24-34-32(36-33)29-17-15-25(2)20-26(29)3/h15-18,20-21,24,27,37-38H,4-14,19,22-23H2,1-3H3. The van der Waals surface area contributed by atoms with E-state index in [-0.39, 0.29) is 19.0 Å². The Balaban J connectivity index is 1.34. The van der Waals surface area contributed by atoms with E-state index in [1.807, 2.05) is 26.0 Å². The topological polar surface area (TPSA) is 97.6 Å². The van der Waals surface area contributed by atoms with Crippen LogP contribution in [-0.2, 0) is 4.74 Å². The Hall–Kier alpha value is -3.03. The number of hydrogen-bond acceptors (Lipinski definition) is 7. The zero-order valence-corrected chi connectivity index (χ0v) is 24.6. The van der Waals surface area contributed by atoms with Gasteiger partial charge in [0.15, 0.2) is 11.6 Å². The summed E-state index contributed by atoms with van der Waals surface area (Å²) < 4.78 is 11.3. The van der Waals surface area contributed by atoms with Crippen LogP contribution in [0.1, 0.15) is 88.7 Å². The number of unbranched alkanes of at least 4 members (excludes halogenated alkanes) is 10. The van der Waals surface area contributed by atoms with Gasteiger partial charge in [0.05, 0.1) is 12.2 Å². The summed E-state index contributed by atoms with van der Waals surface area (Å²) in [5.41, 5.74) is 3.65. The van der Waals surface area contributed by atoms with Crippen molar-refractivity contribution in [2.75, 3.05) is 19.8 Å². The first kappa shape index (κ1) is 31.5. The summed E-state index contributed by atoms with van der Waals surface area (Å²) in [6.45, 7) is 7.29. The Morgan fingerprint density at radius 2 is 1.38 bits per heavy atom. The summed E-state index contributed by atoms with van der Waals surface area (Å²) in [4.78, 5) is 13.1. The molecule has 0 fully saturated rings. The van der Waals surface area contributed by atoms with Crippen molar-refractivity contribution >= 4 is 0 Å². The minimum Gasteiger partial charge on any atom is -0.507 e. The Bertz CT molecular complexity index is 1150. The first-order chi connectivity index (χ1) is 19.5. The van der Waals surface area contributed by atoms with Gasteiger partial charge < -0.3 is 19.7 Å². The Labute approximate surface area is 240 Å². The third-order valence-electron chi connectivity index (χ3n) is 7.05. The summed E-state index contributed by atoms with van der Waals surface area (Å²) in [5, 5.41) is 20.9. The number of ether oxygens (including phenoxy) is 2. The van der Waals surface area contributed by atoms with Crippen molar-refractivity contribution in [2.45, 2.75) is 97.5 Å². The van der Waals surface area contributed by atoms with Crippen LogP contribution in [0.25, 0.3) is 22.8 Å². The first-order valence-corrected chi connectivity index (χ1v) is 15.0. The minimum atomic E-state index is -0.738. The number of phenolic OH excluding ortho intramolecular Hbond substituents is 1. The van der Waals surface area contributed by atoms with Crippen LogP contribution < -0.4 is 4.74 Å². The molecule has 2 N–H and O–H groups in total. The van der Waals surface area contributed by atoms with Gasteiger partial charge in [-0.25, -0.2) is 15.0 Å². The van der Waals surface area contributed by atoms with Gasteiger partial charge in [-0.15, -0.1) is 0 Å². The van der Waals surface area contributed by atoms with Crippen LogP contribution in [0.15, 0.2) is 42.7 Å². The first-order valence-electron chi connectivity index (χ1n) is 15.0. The Kier molecular flexibility index (Phi) is 13.9. The lowest BCUT2D eigenvalue weighted by atomic mass is 10.1. The van der Waals surface area contributed by atoms with Crippen LogP contribution in [0, 0.1) is 13.8 Å². The second-order valence-corrected chi connectivity index (χ2v) is 10.7. The van der Waals surface area contributed by atoms with Gasteiger partial charge in [-0.1, -0.05) is 94.9 Å². The summed E-state index contributed by atoms with van der Waals surface area (Å²) in [7, 11) is 0. The highest BCUT2D eigenvalue weighted by atomic mass is 16.5. The quantitative estimate of drug-likeness (QED) is 0.149. The SMILES string of the molecule is CCCCCCCCCCCCCOCC(O)COc1ccc(-c2ncnc(-c3ccc(C)cc3C)n2)c(O)c1. The van der Waals surface area contributed by atoms with Crippen LogP contribution in [0.5, 0.6) is 11.5 Å². The number of rotatable bonds is 19. The molecule has 0 saturated heterocycles. The molecule has 40 heavy (non-hydrogen) atoms. The number of aryl methyl sites for hydroxylation is 2. The lowest BCUT2D eigenvalue weighted by molar-refractivity contribution is 0.0109. The molecule has 218 valence electrons. The van der Waals surface area contributed by atoms with E-state index >= 15 is 0 Å². The van der Waals surface area contributed by atoms with Gasteiger partial charge in [-0.2, -0.15) is 0 Å². The maximum absolute atomic E-state index is 10.6. The van der Waals surface area contributed by atoms with Gasteiger partial charge in [0.25, 0.3) is 0 Å². The average Bonchev–Trinajstić information content (AvgIpc) is 2.94. The number of aliphatic hydroxyl groups is 1. The highest BCUT2D eigenvalue weighted by molar-refractivity contribution is 5.68. The van der Waals surface area contributed by atoms with Gasteiger partial charge >= 0.3 is 0 Å². The Morgan fingerprint density at radius 1 is 0.750 bits per heavy atom. The highest BCUT2D eigenvalue weighted by Gasteiger charge is 2.13. The molecule has 1 unspecified atom stereocenters.